The molecule has 1 rings (SSSR count). The van der Waals surface area contributed by atoms with Crippen LogP contribution in [0.1, 0.15) is 46.0 Å². The van der Waals surface area contributed by atoms with Gasteiger partial charge in [0.05, 0.1) is 0 Å². The Kier molecular flexibility index (Phi) is 4.58. The van der Waals surface area contributed by atoms with Crippen LogP contribution in [-0.4, -0.2) is 35.1 Å². The molecule has 0 amide bonds. The quantitative estimate of drug-likeness (QED) is 0.779. The lowest BCUT2D eigenvalue weighted by Gasteiger charge is -2.39. The van der Waals surface area contributed by atoms with Gasteiger partial charge in [0.15, 0.2) is 0 Å². The number of rotatable bonds is 4. The smallest absolute Gasteiger partial charge is 0.320 e. The predicted molar refractivity (Wildman–Crippen MR) is 60.9 cm³/mol. The minimum atomic E-state index is -0.710. The summed E-state index contributed by atoms with van der Waals surface area (Å²) in [4.78, 5) is 13.0. The van der Waals surface area contributed by atoms with Crippen LogP contribution in [-0.2, 0) is 4.79 Å². The third-order valence-electron chi connectivity index (χ3n) is 3.88. The fourth-order valence-corrected chi connectivity index (χ4v) is 2.66. The van der Waals surface area contributed by atoms with Gasteiger partial charge in [0, 0.05) is 6.04 Å². The first-order valence-corrected chi connectivity index (χ1v) is 6.02. The van der Waals surface area contributed by atoms with Crippen LogP contribution in [0.3, 0.4) is 0 Å². The predicted octanol–water partition coefficient (Wildman–Crippen LogP) is 2.36. The van der Waals surface area contributed by atoms with Gasteiger partial charge in [-0.3, -0.25) is 9.69 Å². The van der Waals surface area contributed by atoms with Gasteiger partial charge in [0.25, 0.3) is 0 Å². The van der Waals surface area contributed by atoms with Crippen molar-refractivity contribution in [2.24, 2.45) is 5.92 Å². The van der Waals surface area contributed by atoms with Crippen molar-refractivity contribution in [3.8, 4) is 0 Å². The summed E-state index contributed by atoms with van der Waals surface area (Å²) in [6.07, 6.45) is 6.15. The van der Waals surface area contributed by atoms with E-state index in [0.717, 1.165) is 6.42 Å². The number of hydrogen-bond acceptors (Lipinski definition) is 2. The van der Waals surface area contributed by atoms with Crippen molar-refractivity contribution in [2.45, 2.75) is 58.0 Å². The Bertz CT molecular complexity index is 218. The number of hydrogen-bond donors (Lipinski definition) is 1. The molecule has 0 aliphatic heterocycles. The molecule has 0 aromatic carbocycles. The molecule has 0 spiro atoms. The van der Waals surface area contributed by atoms with E-state index < -0.39 is 5.97 Å². The summed E-state index contributed by atoms with van der Waals surface area (Å²) in [7, 11) is 1.96. The molecule has 1 aliphatic carbocycles. The molecule has 3 heteroatoms. The molecule has 3 nitrogen and oxygen atoms in total. The van der Waals surface area contributed by atoms with Gasteiger partial charge in [-0.2, -0.15) is 0 Å². The summed E-state index contributed by atoms with van der Waals surface area (Å²) in [5.74, 6) is -0.0246. The van der Waals surface area contributed by atoms with E-state index in [1.807, 2.05) is 7.05 Å². The summed E-state index contributed by atoms with van der Waals surface area (Å²) in [6.45, 7) is 3.99. The van der Waals surface area contributed by atoms with E-state index in [-0.39, 0.29) is 6.04 Å². The van der Waals surface area contributed by atoms with Crippen molar-refractivity contribution < 1.29 is 9.90 Å². The number of carboxylic acid groups (broad SMARTS) is 1. The van der Waals surface area contributed by atoms with Crippen LogP contribution in [0, 0.1) is 5.92 Å². The molecule has 15 heavy (non-hydrogen) atoms. The number of carboxylic acids is 1. The van der Waals surface area contributed by atoms with E-state index in [1.54, 1.807) is 6.92 Å². The lowest BCUT2D eigenvalue weighted by molar-refractivity contribution is -0.143. The van der Waals surface area contributed by atoms with Crippen LogP contribution in [0.25, 0.3) is 0 Å². The highest BCUT2D eigenvalue weighted by atomic mass is 16.4. The zero-order valence-electron chi connectivity index (χ0n) is 10.1. The maximum absolute atomic E-state index is 10.9. The molecular formula is C12H23NO2. The van der Waals surface area contributed by atoms with Crippen LogP contribution in [0.4, 0.5) is 0 Å². The van der Waals surface area contributed by atoms with E-state index in [1.165, 1.54) is 25.7 Å². The maximum atomic E-state index is 10.9. The van der Waals surface area contributed by atoms with Crippen LogP contribution < -0.4 is 0 Å². The molecule has 3 unspecified atom stereocenters. The van der Waals surface area contributed by atoms with Crippen LogP contribution in [0.5, 0.6) is 0 Å². The second-order valence-electron chi connectivity index (χ2n) is 4.70. The Labute approximate surface area is 92.5 Å². The SMILES string of the molecule is CCC1CCCCC1N(C)C(C)C(=O)O. The molecule has 1 N–H and O–H groups in total. The zero-order valence-corrected chi connectivity index (χ0v) is 10.1. The average molecular weight is 213 g/mol. The topological polar surface area (TPSA) is 40.5 Å². The Hall–Kier alpha value is -0.570. The largest absolute Gasteiger partial charge is 0.480 e. The number of carbonyl (C=O) groups is 1. The molecular weight excluding hydrogens is 190 g/mol. The first kappa shape index (κ1) is 12.5. The van der Waals surface area contributed by atoms with Gasteiger partial charge < -0.3 is 5.11 Å². The molecule has 0 bridgehead atoms. The van der Waals surface area contributed by atoms with E-state index in [0.29, 0.717) is 12.0 Å². The average Bonchev–Trinajstić information content (AvgIpc) is 2.26. The van der Waals surface area contributed by atoms with E-state index in [4.69, 9.17) is 5.11 Å². The third kappa shape index (κ3) is 2.94. The summed E-state index contributed by atoms with van der Waals surface area (Å²) in [5.41, 5.74) is 0. The van der Waals surface area contributed by atoms with Gasteiger partial charge in [0.1, 0.15) is 6.04 Å². The zero-order chi connectivity index (χ0) is 11.4. The Balaban J connectivity index is 2.62. The van der Waals surface area contributed by atoms with Gasteiger partial charge in [-0.25, -0.2) is 0 Å². The first-order chi connectivity index (χ1) is 7.07. The van der Waals surface area contributed by atoms with Gasteiger partial charge >= 0.3 is 5.97 Å². The second-order valence-corrected chi connectivity index (χ2v) is 4.70. The summed E-state index contributed by atoms with van der Waals surface area (Å²) in [6, 6.07) is 0.108. The molecule has 1 saturated carbocycles. The summed E-state index contributed by atoms with van der Waals surface area (Å²) < 4.78 is 0. The van der Waals surface area contributed by atoms with Crippen molar-refractivity contribution >= 4 is 5.97 Å². The number of likely N-dealkylation sites (N-methyl/N-ethyl adjacent to an activating group) is 1. The lowest BCUT2D eigenvalue weighted by atomic mass is 9.81. The van der Waals surface area contributed by atoms with Crippen molar-refractivity contribution in [1.29, 1.82) is 0 Å². The Morgan fingerprint density at radius 3 is 2.60 bits per heavy atom. The molecule has 3 atom stereocenters. The molecule has 0 heterocycles. The summed E-state index contributed by atoms with van der Waals surface area (Å²) in [5, 5.41) is 9.00. The minimum Gasteiger partial charge on any atom is -0.480 e. The fraction of sp³-hybridized carbons (Fsp3) is 0.917. The highest BCUT2D eigenvalue weighted by Crippen LogP contribution is 2.30. The highest BCUT2D eigenvalue weighted by molar-refractivity contribution is 5.72. The normalized spacial score (nSPS) is 29.1. The van der Waals surface area contributed by atoms with E-state index in [9.17, 15) is 4.79 Å². The third-order valence-corrected chi connectivity index (χ3v) is 3.88. The van der Waals surface area contributed by atoms with Crippen molar-refractivity contribution in [2.75, 3.05) is 7.05 Å². The standard InChI is InChI=1S/C12H23NO2/c1-4-10-7-5-6-8-11(10)13(3)9(2)12(14)15/h9-11H,4-8H2,1-3H3,(H,14,15). The van der Waals surface area contributed by atoms with Crippen molar-refractivity contribution in [3.05, 3.63) is 0 Å². The van der Waals surface area contributed by atoms with Crippen LogP contribution in [0.2, 0.25) is 0 Å². The van der Waals surface area contributed by atoms with E-state index in [2.05, 4.69) is 11.8 Å². The van der Waals surface area contributed by atoms with Crippen LogP contribution >= 0.6 is 0 Å². The fourth-order valence-electron chi connectivity index (χ4n) is 2.66. The van der Waals surface area contributed by atoms with Crippen molar-refractivity contribution in [3.63, 3.8) is 0 Å². The van der Waals surface area contributed by atoms with Gasteiger partial charge in [-0.15, -0.1) is 0 Å². The minimum absolute atomic E-state index is 0.359. The van der Waals surface area contributed by atoms with Gasteiger partial charge in [-0.1, -0.05) is 26.2 Å². The molecule has 0 aromatic rings. The maximum Gasteiger partial charge on any atom is 0.320 e. The monoisotopic (exact) mass is 213 g/mol. The molecule has 0 radical (unpaired) electrons. The first-order valence-electron chi connectivity index (χ1n) is 6.02. The highest BCUT2D eigenvalue weighted by Gasteiger charge is 2.31. The van der Waals surface area contributed by atoms with Crippen LogP contribution in [0.15, 0.2) is 0 Å². The Morgan fingerprint density at radius 2 is 2.07 bits per heavy atom. The lowest BCUT2D eigenvalue weighted by Crippen LogP contribution is -2.47. The van der Waals surface area contributed by atoms with Gasteiger partial charge in [0.2, 0.25) is 0 Å². The molecule has 1 fully saturated rings. The Morgan fingerprint density at radius 1 is 1.47 bits per heavy atom. The van der Waals surface area contributed by atoms with E-state index >= 15 is 0 Å². The molecule has 0 aromatic heterocycles. The molecule has 0 saturated heterocycles. The number of nitrogens with zero attached hydrogens (tertiary/aromatic N) is 1. The molecule has 1 aliphatic rings. The number of aliphatic carboxylic acids is 1. The van der Waals surface area contributed by atoms with Gasteiger partial charge in [-0.05, 0) is 32.7 Å². The second kappa shape index (κ2) is 5.50. The molecule has 88 valence electrons. The summed E-state index contributed by atoms with van der Waals surface area (Å²) >= 11 is 0. The van der Waals surface area contributed by atoms with Crippen molar-refractivity contribution in [1.82, 2.24) is 4.90 Å².